The molecule has 0 bridgehead atoms. The Morgan fingerprint density at radius 1 is 1.38 bits per heavy atom. The maximum atomic E-state index is 12.9. The van der Waals surface area contributed by atoms with E-state index in [1.807, 2.05) is 25.1 Å². The fourth-order valence-electron chi connectivity index (χ4n) is 2.34. The highest BCUT2D eigenvalue weighted by molar-refractivity contribution is 7.15. The number of thiazole rings is 1. The number of carbonyl (C=O) groups is 1. The number of hydrogen-bond acceptors (Lipinski definition) is 6. The first-order chi connectivity index (χ1) is 11.7. The van der Waals surface area contributed by atoms with Gasteiger partial charge in [-0.2, -0.15) is 0 Å². The molecule has 0 saturated heterocycles. The largest absolute Gasteiger partial charge is 0.462 e. The van der Waals surface area contributed by atoms with E-state index in [-0.39, 0.29) is 19.1 Å². The van der Waals surface area contributed by atoms with Crippen molar-refractivity contribution in [3.63, 3.8) is 0 Å². The number of carbonyl (C=O) groups excluding carboxylic acids is 1. The van der Waals surface area contributed by atoms with Crippen molar-refractivity contribution in [2.75, 3.05) is 13.2 Å². The average Bonchev–Trinajstić information content (AvgIpc) is 3.24. The van der Waals surface area contributed by atoms with Gasteiger partial charge in [0.2, 0.25) is 0 Å². The van der Waals surface area contributed by atoms with Crippen molar-refractivity contribution in [2.45, 2.75) is 13.5 Å². The summed E-state index contributed by atoms with van der Waals surface area (Å²) in [5.41, 5.74) is 1.29. The molecule has 3 heterocycles. The van der Waals surface area contributed by atoms with E-state index in [2.05, 4.69) is 9.97 Å². The van der Waals surface area contributed by atoms with Gasteiger partial charge in [0.05, 0.1) is 12.9 Å². The molecule has 1 amide bonds. The topological polar surface area (TPSA) is 79.5 Å². The van der Waals surface area contributed by atoms with Crippen LogP contribution in [0, 0.1) is 6.92 Å². The van der Waals surface area contributed by atoms with Crippen LogP contribution in [0.3, 0.4) is 0 Å². The van der Waals surface area contributed by atoms with E-state index in [0.29, 0.717) is 23.0 Å². The van der Waals surface area contributed by atoms with E-state index < -0.39 is 0 Å². The highest BCUT2D eigenvalue weighted by atomic mass is 32.1. The minimum Gasteiger partial charge on any atom is -0.462 e. The van der Waals surface area contributed by atoms with Gasteiger partial charge in [-0.1, -0.05) is 6.07 Å². The molecular weight excluding hydrogens is 326 g/mol. The molecule has 0 saturated carbocycles. The lowest BCUT2D eigenvalue weighted by Gasteiger charge is -2.21. The summed E-state index contributed by atoms with van der Waals surface area (Å²) in [6.45, 7) is 2.36. The molecule has 0 aliphatic rings. The quantitative estimate of drug-likeness (QED) is 0.744. The normalized spacial score (nSPS) is 10.8. The summed E-state index contributed by atoms with van der Waals surface area (Å²) in [6, 6.07) is 7.31. The van der Waals surface area contributed by atoms with Gasteiger partial charge in [-0.15, -0.1) is 11.3 Å². The monoisotopic (exact) mass is 343 g/mol. The number of hydrogen-bond donors (Lipinski definition) is 1. The summed E-state index contributed by atoms with van der Waals surface area (Å²) in [5.74, 6) is 0.433. The Labute approximate surface area is 143 Å². The summed E-state index contributed by atoms with van der Waals surface area (Å²) >= 11 is 1.42. The molecule has 0 radical (unpaired) electrons. The van der Waals surface area contributed by atoms with Crippen LogP contribution in [-0.4, -0.2) is 39.0 Å². The first kappa shape index (κ1) is 16.4. The smallest absolute Gasteiger partial charge is 0.274 e. The zero-order valence-electron chi connectivity index (χ0n) is 13.2. The highest BCUT2D eigenvalue weighted by Gasteiger charge is 2.22. The molecule has 0 fully saturated rings. The number of aliphatic hydroxyl groups excluding tert-OH is 1. The molecule has 0 aromatic carbocycles. The van der Waals surface area contributed by atoms with Crippen LogP contribution in [0.5, 0.6) is 0 Å². The summed E-state index contributed by atoms with van der Waals surface area (Å²) in [4.78, 5) is 23.7. The number of aryl methyl sites for hydroxylation is 1. The molecule has 0 spiro atoms. The first-order valence-corrected chi connectivity index (χ1v) is 8.31. The van der Waals surface area contributed by atoms with E-state index in [9.17, 15) is 9.90 Å². The van der Waals surface area contributed by atoms with Crippen molar-refractivity contribution in [2.24, 2.45) is 0 Å². The zero-order valence-corrected chi connectivity index (χ0v) is 14.0. The van der Waals surface area contributed by atoms with Crippen LogP contribution < -0.4 is 0 Å². The van der Waals surface area contributed by atoms with Crippen LogP contribution in [0.4, 0.5) is 0 Å². The standard InChI is InChI=1S/C17H17N3O3S/c1-12-15(19-16(24-12)14-5-3-9-23-14)17(22)20(7-8-21)11-13-4-2-6-18-10-13/h2-6,9-10,21H,7-8,11H2,1H3. The third-order valence-corrected chi connectivity index (χ3v) is 4.47. The van der Waals surface area contributed by atoms with Crippen LogP contribution in [-0.2, 0) is 6.54 Å². The number of amides is 1. The van der Waals surface area contributed by atoms with Crippen molar-refractivity contribution >= 4 is 17.2 Å². The Bertz CT molecular complexity index is 800. The second kappa shape index (κ2) is 7.37. The lowest BCUT2D eigenvalue weighted by atomic mass is 10.2. The van der Waals surface area contributed by atoms with Crippen LogP contribution in [0.15, 0.2) is 47.3 Å². The van der Waals surface area contributed by atoms with Gasteiger partial charge in [-0.3, -0.25) is 9.78 Å². The number of pyridine rings is 1. The Morgan fingerprint density at radius 3 is 2.92 bits per heavy atom. The molecule has 6 nitrogen and oxygen atoms in total. The maximum Gasteiger partial charge on any atom is 0.274 e. The van der Waals surface area contributed by atoms with Crippen LogP contribution in [0.2, 0.25) is 0 Å². The fourth-order valence-corrected chi connectivity index (χ4v) is 3.21. The second-order valence-electron chi connectivity index (χ2n) is 5.21. The molecule has 0 aliphatic carbocycles. The zero-order chi connectivity index (χ0) is 16.9. The Hall–Kier alpha value is -2.51. The van der Waals surface area contributed by atoms with Gasteiger partial charge in [-0.25, -0.2) is 4.98 Å². The summed E-state index contributed by atoms with van der Waals surface area (Å²) in [7, 11) is 0. The van der Waals surface area contributed by atoms with E-state index >= 15 is 0 Å². The van der Waals surface area contributed by atoms with Crippen LogP contribution in [0.1, 0.15) is 20.9 Å². The Kier molecular flexibility index (Phi) is 5.02. The predicted octanol–water partition coefficient (Wildman–Crippen LogP) is 2.74. The summed E-state index contributed by atoms with van der Waals surface area (Å²) in [6.07, 6.45) is 4.97. The molecule has 3 aromatic rings. The summed E-state index contributed by atoms with van der Waals surface area (Å²) < 4.78 is 5.35. The van der Waals surface area contributed by atoms with Crippen LogP contribution in [0.25, 0.3) is 10.8 Å². The third-order valence-electron chi connectivity index (χ3n) is 3.48. The van der Waals surface area contributed by atoms with Crippen molar-refractivity contribution < 1.29 is 14.3 Å². The lowest BCUT2D eigenvalue weighted by molar-refractivity contribution is 0.0702. The Morgan fingerprint density at radius 2 is 2.25 bits per heavy atom. The van der Waals surface area contributed by atoms with E-state index in [1.165, 1.54) is 11.3 Å². The van der Waals surface area contributed by atoms with Crippen molar-refractivity contribution in [1.29, 1.82) is 0 Å². The molecule has 3 aromatic heterocycles. The van der Waals surface area contributed by atoms with Gasteiger partial charge in [0.15, 0.2) is 10.8 Å². The molecule has 1 N–H and O–H groups in total. The molecule has 0 atom stereocenters. The van der Waals surface area contributed by atoms with Crippen molar-refractivity contribution in [3.05, 3.63) is 59.1 Å². The molecule has 0 aliphatic heterocycles. The minimum atomic E-state index is -0.209. The van der Waals surface area contributed by atoms with Gasteiger partial charge in [0, 0.05) is 30.4 Å². The Balaban J connectivity index is 1.85. The minimum absolute atomic E-state index is 0.111. The van der Waals surface area contributed by atoms with E-state index in [0.717, 1.165) is 10.4 Å². The fraction of sp³-hybridized carbons (Fsp3) is 0.235. The third kappa shape index (κ3) is 3.52. The van der Waals surface area contributed by atoms with Gasteiger partial charge in [0.1, 0.15) is 5.69 Å². The number of rotatable bonds is 6. The summed E-state index contributed by atoms with van der Waals surface area (Å²) in [5, 5.41) is 9.97. The van der Waals surface area contributed by atoms with Gasteiger partial charge >= 0.3 is 0 Å². The van der Waals surface area contributed by atoms with Gasteiger partial charge in [-0.05, 0) is 30.7 Å². The predicted molar refractivity (Wildman–Crippen MR) is 90.6 cm³/mol. The number of aliphatic hydroxyl groups is 1. The van der Waals surface area contributed by atoms with E-state index in [4.69, 9.17) is 4.42 Å². The van der Waals surface area contributed by atoms with Crippen molar-refractivity contribution in [1.82, 2.24) is 14.9 Å². The first-order valence-electron chi connectivity index (χ1n) is 7.49. The number of furan rings is 1. The van der Waals surface area contributed by atoms with Gasteiger partial charge in [0.25, 0.3) is 5.91 Å². The number of nitrogens with zero attached hydrogens (tertiary/aromatic N) is 3. The molecule has 7 heteroatoms. The number of aromatic nitrogens is 2. The second-order valence-corrected chi connectivity index (χ2v) is 6.42. The van der Waals surface area contributed by atoms with Crippen molar-refractivity contribution in [3.8, 4) is 10.8 Å². The van der Waals surface area contributed by atoms with Gasteiger partial charge < -0.3 is 14.4 Å². The SMILES string of the molecule is Cc1sc(-c2ccco2)nc1C(=O)N(CCO)Cc1cccnc1. The molecule has 124 valence electrons. The molecule has 24 heavy (non-hydrogen) atoms. The average molecular weight is 343 g/mol. The van der Waals surface area contributed by atoms with Crippen LogP contribution >= 0.6 is 11.3 Å². The highest BCUT2D eigenvalue weighted by Crippen LogP contribution is 2.28. The molecule has 0 unspecified atom stereocenters. The maximum absolute atomic E-state index is 12.9. The van der Waals surface area contributed by atoms with E-state index in [1.54, 1.807) is 29.6 Å². The lowest BCUT2D eigenvalue weighted by Crippen LogP contribution is -2.33. The molecular formula is C17H17N3O3S. The molecule has 3 rings (SSSR count).